The molecule has 90 valence electrons. The Morgan fingerprint density at radius 2 is 1.94 bits per heavy atom. The lowest BCUT2D eigenvalue weighted by Gasteiger charge is -2.08. The fourth-order valence-electron chi connectivity index (χ4n) is 2.07. The molecule has 0 bridgehead atoms. The smallest absolute Gasteiger partial charge is 0.123 e. The summed E-state index contributed by atoms with van der Waals surface area (Å²) in [5, 5.41) is 4.47. The first-order chi connectivity index (χ1) is 7.99. The lowest BCUT2D eigenvalue weighted by atomic mass is 9.97. The number of hydrogen-bond donors (Lipinski definition) is 0. The van der Waals surface area contributed by atoms with Crippen molar-refractivity contribution >= 4 is 0 Å². The molecule has 17 heavy (non-hydrogen) atoms. The van der Waals surface area contributed by atoms with E-state index in [-0.39, 0.29) is 5.82 Å². The number of halogens is 1. The largest absolute Gasteiger partial charge is 0.275 e. The Hall–Kier alpha value is -1.64. The number of aromatic nitrogens is 2. The van der Waals surface area contributed by atoms with Gasteiger partial charge in [-0.25, -0.2) is 4.39 Å². The Bertz CT molecular complexity index is 541. The second kappa shape index (κ2) is 4.32. The van der Waals surface area contributed by atoms with Gasteiger partial charge in [-0.3, -0.25) is 4.68 Å². The molecule has 0 radical (unpaired) electrons. The zero-order chi connectivity index (χ0) is 12.6. The number of hydrogen-bond acceptors (Lipinski definition) is 1. The summed E-state index contributed by atoms with van der Waals surface area (Å²) in [5.74, 6) is 0.164. The van der Waals surface area contributed by atoms with Gasteiger partial charge in [-0.05, 0) is 36.1 Å². The molecule has 0 aliphatic heterocycles. The first-order valence-electron chi connectivity index (χ1n) is 5.79. The molecular weight excluding hydrogens is 215 g/mol. The lowest BCUT2D eigenvalue weighted by molar-refractivity contribution is 0.627. The van der Waals surface area contributed by atoms with Crippen molar-refractivity contribution in [3.8, 4) is 11.1 Å². The van der Waals surface area contributed by atoms with E-state index in [4.69, 9.17) is 0 Å². The van der Waals surface area contributed by atoms with Crippen LogP contribution in [0.5, 0.6) is 0 Å². The highest BCUT2D eigenvalue weighted by atomic mass is 19.1. The quantitative estimate of drug-likeness (QED) is 0.772. The summed E-state index contributed by atoms with van der Waals surface area (Å²) in [7, 11) is 1.91. The Morgan fingerprint density at radius 1 is 1.24 bits per heavy atom. The summed E-state index contributed by atoms with van der Waals surface area (Å²) < 4.78 is 14.9. The number of rotatable bonds is 2. The fraction of sp³-hybridized carbons (Fsp3) is 0.357. The SMILES string of the molecule is Cc1cc(F)ccc1-c1cn(C)nc1C(C)C. The van der Waals surface area contributed by atoms with Crippen LogP contribution in [-0.2, 0) is 7.05 Å². The highest BCUT2D eigenvalue weighted by Crippen LogP contribution is 2.30. The van der Waals surface area contributed by atoms with Crippen LogP contribution in [0.15, 0.2) is 24.4 Å². The van der Waals surface area contributed by atoms with Crippen molar-refractivity contribution in [1.82, 2.24) is 9.78 Å². The van der Waals surface area contributed by atoms with Crippen LogP contribution in [0, 0.1) is 12.7 Å². The fourth-order valence-corrected chi connectivity index (χ4v) is 2.07. The molecule has 1 aromatic carbocycles. The normalized spacial score (nSPS) is 11.2. The summed E-state index contributed by atoms with van der Waals surface area (Å²) in [6, 6.07) is 4.89. The molecule has 0 unspecified atom stereocenters. The summed E-state index contributed by atoms with van der Waals surface area (Å²) >= 11 is 0. The number of nitrogens with zero attached hydrogens (tertiary/aromatic N) is 2. The predicted molar refractivity (Wildman–Crippen MR) is 67.4 cm³/mol. The van der Waals surface area contributed by atoms with Crippen LogP contribution < -0.4 is 0 Å². The Kier molecular flexibility index (Phi) is 3.01. The second-order valence-electron chi connectivity index (χ2n) is 4.72. The molecule has 0 amide bonds. The van der Waals surface area contributed by atoms with Crippen molar-refractivity contribution in [2.24, 2.45) is 7.05 Å². The monoisotopic (exact) mass is 232 g/mol. The van der Waals surface area contributed by atoms with Gasteiger partial charge in [0.25, 0.3) is 0 Å². The van der Waals surface area contributed by atoms with Gasteiger partial charge in [0.05, 0.1) is 5.69 Å². The molecular formula is C14H17FN2. The maximum Gasteiger partial charge on any atom is 0.123 e. The minimum Gasteiger partial charge on any atom is -0.275 e. The molecule has 0 aliphatic rings. The standard InChI is InChI=1S/C14H17FN2/c1-9(2)14-13(8-17(4)16-14)12-6-5-11(15)7-10(12)3/h5-9H,1-4H3. The first-order valence-corrected chi connectivity index (χ1v) is 5.79. The van der Waals surface area contributed by atoms with Crippen LogP contribution in [-0.4, -0.2) is 9.78 Å². The van der Waals surface area contributed by atoms with E-state index in [9.17, 15) is 4.39 Å². The first kappa shape index (κ1) is 11.8. The predicted octanol–water partition coefficient (Wildman–Crippen LogP) is 3.66. The Labute approximate surface area is 101 Å². The molecule has 0 aliphatic carbocycles. The van der Waals surface area contributed by atoms with Crippen LogP contribution in [0.3, 0.4) is 0 Å². The maximum atomic E-state index is 13.1. The zero-order valence-corrected chi connectivity index (χ0v) is 10.7. The molecule has 0 fully saturated rings. The summed E-state index contributed by atoms with van der Waals surface area (Å²) in [5.41, 5.74) is 4.16. The van der Waals surface area contributed by atoms with Crippen molar-refractivity contribution in [3.63, 3.8) is 0 Å². The molecule has 0 saturated heterocycles. The van der Waals surface area contributed by atoms with Crippen molar-refractivity contribution < 1.29 is 4.39 Å². The van der Waals surface area contributed by atoms with E-state index in [2.05, 4.69) is 18.9 Å². The van der Waals surface area contributed by atoms with Crippen LogP contribution in [0.25, 0.3) is 11.1 Å². The molecule has 2 nitrogen and oxygen atoms in total. The van der Waals surface area contributed by atoms with E-state index in [1.165, 1.54) is 6.07 Å². The second-order valence-corrected chi connectivity index (χ2v) is 4.72. The molecule has 2 rings (SSSR count). The van der Waals surface area contributed by atoms with E-state index in [1.54, 1.807) is 6.07 Å². The third-order valence-electron chi connectivity index (χ3n) is 2.88. The van der Waals surface area contributed by atoms with Crippen LogP contribution in [0.1, 0.15) is 31.0 Å². The van der Waals surface area contributed by atoms with E-state index in [0.29, 0.717) is 5.92 Å². The third-order valence-corrected chi connectivity index (χ3v) is 2.88. The van der Waals surface area contributed by atoms with Crippen LogP contribution in [0.2, 0.25) is 0 Å². The topological polar surface area (TPSA) is 17.8 Å². The van der Waals surface area contributed by atoms with E-state index in [0.717, 1.165) is 22.4 Å². The van der Waals surface area contributed by atoms with Gasteiger partial charge in [-0.2, -0.15) is 5.10 Å². The van der Waals surface area contributed by atoms with E-state index < -0.39 is 0 Å². The Balaban J connectivity index is 2.59. The molecule has 0 saturated carbocycles. The van der Waals surface area contributed by atoms with Crippen LogP contribution in [0.4, 0.5) is 4.39 Å². The maximum absolute atomic E-state index is 13.1. The van der Waals surface area contributed by atoms with Crippen molar-refractivity contribution in [2.75, 3.05) is 0 Å². The highest BCUT2D eigenvalue weighted by Gasteiger charge is 2.14. The van der Waals surface area contributed by atoms with Gasteiger partial charge in [-0.1, -0.05) is 19.9 Å². The van der Waals surface area contributed by atoms with Gasteiger partial charge in [0.2, 0.25) is 0 Å². The van der Waals surface area contributed by atoms with E-state index >= 15 is 0 Å². The molecule has 0 atom stereocenters. The van der Waals surface area contributed by atoms with E-state index in [1.807, 2.05) is 30.9 Å². The van der Waals surface area contributed by atoms with Crippen molar-refractivity contribution in [1.29, 1.82) is 0 Å². The van der Waals surface area contributed by atoms with Gasteiger partial charge >= 0.3 is 0 Å². The average molecular weight is 232 g/mol. The summed E-state index contributed by atoms with van der Waals surface area (Å²) in [6.07, 6.45) is 2.00. The van der Waals surface area contributed by atoms with Crippen LogP contribution >= 0.6 is 0 Å². The molecule has 2 aromatic rings. The minimum atomic E-state index is -0.193. The summed E-state index contributed by atoms with van der Waals surface area (Å²) in [6.45, 7) is 6.16. The van der Waals surface area contributed by atoms with Crippen molar-refractivity contribution in [3.05, 3.63) is 41.5 Å². The number of benzene rings is 1. The van der Waals surface area contributed by atoms with Gasteiger partial charge < -0.3 is 0 Å². The average Bonchev–Trinajstić information content (AvgIpc) is 2.60. The van der Waals surface area contributed by atoms with Gasteiger partial charge in [0, 0.05) is 18.8 Å². The molecule has 1 heterocycles. The Morgan fingerprint density at radius 3 is 2.53 bits per heavy atom. The van der Waals surface area contributed by atoms with Crippen molar-refractivity contribution in [2.45, 2.75) is 26.7 Å². The zero-order valence-electron chi connectivity index (χ0n) is 10.7. The lowest BCUT2D eigenvalue weighted by Crippen LogP contribution is -1.94. The van der Waals surface area contributed by atoms with Gasteiger partial charge in [0.15, 0.2) is 0 Å². The van der Waals surface area contributed by atoms with Gasteiger partial charge in [-0.15, -0.1) is 0 Å². The molecule has 1 aromatic heterocycles. The molecule has 3 heteroatoms. The number of aryl methyl sites for hydroxylation is 2. The van der Waals surface area contributed by atoms with Gasteiger partial charge in [0.1, 0.15) is 5.82 Å². The third kappa shape index (κ3) is 2.23. The summed E-state index contributed by atoms with van der Waals surface area (Å²) in [4.78, 5) is 0. The minimum absolute atomic E-state index is 0.193. The highest BCUT2D eigenvalue weighted by molar-refractivity contribution is 5.69. The molecule has 0 N–H and O–H groups in total. The molecule has 0 spiro atoms.